The molecule has 1 aliphatic rings. The average molecular weight is 262 g/mol. The maximum Gasteiger partial charge on any atom is 0.220 e. The lowest BCUT2D eigenvalue weighted by Gasteiger charge is -2.27. The van der Waals surface area contributed by atoms with E-state index in [1.165, 1.54) is 0 Å². The van der Waals surface area contributed by atoms with Crippen molar-refractivity contribution in [2.24, 2.45) is 0 Å². The van der Waals surface area contributed by atoms with Gasteiger partial charge in [-0.2, -0.15) is 0 Å². The van der Waals surface area contributed by atoms with Crippen LogP contribution in [0.25, 0.3) is 0 Å². The topological polar surface area (TPSA) is 57.3 Å². The molecule has 0 spiro atoms. The fourth-order valence-electron chi connectivity index (χ4n) is 2.18. The Morgan fingerprint density at radius 2 is 2.05 bits per heavy atom. The fraction of sp³-hybridized carbons (Fsp3) is 0.571. The second-order valence-electron chi connectivity index (χ2n) is 4.80. The molecule has 0 aliphatic carbocycles. The van der Waals surface area contributed by atoms with Gasteiger partial charge in [0, 0.05) is 58.1 Å². The number of rotatable bonds is 6. The van der Waals surface area contributed by atoms with Crippen molar-refractivity contribution in [2.45, 2.75) is 12.8 Å². The van der Waals surface area contributed by atoms with Gasteiger partial charge in [-0.05, 0) is 24.1 Å². The molecule has 104 valence electrons. The Morgan fingerprint density at radius 1 is 1.32 bits per heavy atom. The van der Waals surface area contributed by atoms with Gasteiger partial charge in [0.25, 0.3) is 0 Å². The number of carbonyl (C=O) groups excluding carboxylic acids is 1. The van der Waals surface area contributed by atoms with Gasteiger partial charge in [0.05, 0.1) is 0 Å². The summed E-state index contributed by atoms with van der Waals surface area (Å²) >= 11 is 0. The van der Waals surface area contributed by atoms with Gasteiger partial charge in [0.2, 0.25) is 5.91 Å². The molecule has 0 radical (unpaired) electrons. The van der Waals surface area contributed by atoms with Gasteiger partial charge in [0.1, 0.15) is 0 Å². The first-order chi connectivity index (χ1) is 9.34. The Balaban J connectivity index is 1.57. The first kappa shape index (κ1) is 14.0. The van der Waals surface area contributed by atoms with Crippen molar-refractivity contribution < 1.29 is 4.79 Å². The Bertz CT molecular complexity index is 376. The van der Waals surface area contributed by atoms with E-state index in [1.54, 1.807) is 12.4 Å². The number of piperazine rings is 1. The minimum atomic E-state index is 0.131. The van der Waals surface area contributed by atoms with Crippen LogP contribution in [0.3, 0.4) is 0 Å². The predicted molar refractivity (Wildman–Crippen MR) is 74.9 cm³/mol. The summed E-state index contributed by atoms with van der Waals surface area (Å²) in [6.07, 6.45) is 4.85. The summed E-state index contributed by atoms with van der Waals surface area (Å²) in [6, 6.07) is 3.90. The molecule has 1 aromatic heterocycles. The highest BCUT2D eigenvalue weighted by atomic mass is 16.1. The van der Waals surface area contributed by atoms with Crippen LogP contribution in [-0.4, -0.2) is 55.1 Å². The third-order valence-electron chi connectivity index (χ3n) is 3.35. The summed E-state index contributed by atoms with van der Waals surface area (Å²) in [5.41, 5.74) is 1.16. The largest absolute Gasteiger partial charge is 0.355 e. The predicted octanol–water partition coefficient (Wildman–Crippen LogP) is 0.0356. The molecule has 19 heavy (non-hydrogen) atoms. The number of carbonyl (C=O) groups is 1. The SMILES string of the molecule is O=C(CCc1ccncc1)NCCN1CCNCC1. The maximum atomic E-state index is 11.7. The van der Waals surface area contributed by atoms with Crippen LogP contribution in [0, 0.1) is 0 Å². The summed E-state index contributed by atoms with van der Waals surface area (Å²) in [6.45, 7) is 5.95. The normalized spacial score (nSPS) is 16.2. The molecule has 0 saturated carbocycles. The van der Waals surface area contributed by atoms with Gasteiger partial charge in [-0.1, -0.05) is 0 Å². The zero-order valence-corrected chi connectivity index (χ0v) is 11.3. The molecule has 1 aromatic rings. The van der Waals surface area contributed by atoms with E-state index in [0.717, 1.165) is 51.3 Å². The van der Waals surface area contributed by atoms with Crippen molar-refractivity contribution in [3.63, 3.8) is 0 Å². The molecule has 5 nitrogen and oxygen atoms in total. The van der Waals surface area contributed by atoms with Crippen LogP contribution in [0.15, 0.2) is 24.5 Å². The van der Waals surface area contributed by atoms with E-state index in [2.05, 4.69) is 20.5 Å². The van der Waals surface area contributed by atoms with Crippen LogP contribution < -0.4 is 10.6 Å². The molecule has 1 fully saturated rings. The Labute approximate surface area is 114 Å². The fourth-order valence-corrected chi connectivity index (χ4v) is 2.18. The van der Waals surface area contributed by atoms with Gasteiger partial charge in [-0.3, -0.25) is 14.7 Å². The standard InChI is InChI=1S/C14H22N4O/c19-14(2-1-13-3-5-15-6-4-13)17-9-12-18-10-7-16-8-11-18/h3-6,16H,1-2,7-12H2,(H,17,19). The lowest BCUT2D eigenvalue weighted by molar-refractivity contribution is -0.121. The number of nitrogens with one attached hydrogen (secondary N) is 2. The lowest BCUT2D eigenvalue weighted by atomic mass is 10.1. The first-order valence-electron chi connectivity index (χ1n) is 6.93. The molecule has 1 aliphatic heterocycles. The van der Waals surface area contributed by atoms with Crippen molar-refractivity contribution in [1.82, 2.24) is 20.5 Å². The van der Waals surface area contributed by atoms with Crippen molar-refractivity contribution >= 4 is 5.91 Å². The summed E-state index contributed by atoms with van der Waals surface area (Å²) in [7, 11) is 0. The first-order valence-corrected chi connectivity index (χ1v) is 6.93. The van der Waals surface area contributed by atoms with Crippen LogP contribution in [0.2, 0.25) is 0 Å². The summed E-state index contributed by atoms with van der Waals surface area (Å²) in [5, 5.41) is 6.30. The van der Waals surface area contributed by atoms with Gasteiger partial charge < -0.3 is 10.6 Å². The van der Waals surface area contributed by atoms with Gasteiger partial charge in [-0.15, -0.1) is 0 Å². The monoisotopic (exact) mass is 262 g/mol. The molecule has 2 heterocycles. The minimum Gasteiger partial charge on any atom is -0.355 e. The van der Waals surface area contributed by atoms with E-state index >= 15 is 0 Å². The van der Waals surface area contributed by atoms with Crippen LogP contribution in [0.4, 0.5) is 0 Å². The third-order valence-corrected chi connectivity index (χ3v) is 3.35. The minimum absolute atomic E-state index is 0.131. The van der Waals surface area contributed by atoms with Crippen molar-refractivity contribution in [2.75, 3.05) is 39.3 Å². The van der Waals surface area contributed by atoms with Gasteiger partial charge >= 0.3 is 0 Å². The Morgan fingerprint density at radius 3 is 2.79 bits per heavy atom. The van der Waals surface area contributed by atoms with Gasteiger partial charge in [-0.25, -0.2) is 0 Å². The van der Waals surface area contributed by atoms with E-state index in [9.17, 15) is 4.79 Å². The number of nitrogens with zero attached hydrogens (tertiary/aromatic N) is 2. The molecular weight excluding hydrogens is 240 g/mol. The second-order valence-corrected chi connectivity index (χ2v) is 4.80. The van der Waals surface area contributed by atoms with Crippen molar-refractivity contribution in [3.05, 3.63) is 30.1 Å². The zero-order valence-electron chi connectivity index (χ0n) is 11.3. The molecule has 0 aromatic carbocycles. The molecule has 1 saturated heterocycles. The molecule has 0 bridgehead atoms. The molecule has 5 heteroatoms. The van der Waals surface area contributed by atoms with Crippen LogP contribution in [0.5, 0.6) is 0 Å². The summed E-state index contributed by atoms with van der Waals surface area (Å²) in [5.74, 6) is 0.131. The van der Waals surface area contributed by atoms with Crippen molar-refractivity contribution in [1.29, 1.82) is 0 Å². The van der Waals surface area contributed by atoms with E-state index in [1.807, 2.05) is 12.1 Å². The van der Waals surface area contributed by atoms with E-state index < -0.39 is 0 Å². The molecule has 0 unspecified atom stereocenters. The quantitative estimate of drug-likeness (QED) is 0.760. The van der Waals surface area contributed by atoms with E-state index in [0.29, 0.717) is 6.42 Å². The van der Waals surface area contributed by atoms with Crippen LogP contribution in [-0.2, 0) is 11.2 Å². The maximum absolute atomic E-state index is 11.7. The second kappa shape index (κ2) is 7.86. The van der Waals surface area contributed by atoms with Crippen LogP contribution >= 0.6 is 0 Å². The molecule has 1 amide bonds. The number of amides is 1. The zero-order chi connectivity index (χ0) is 13.3. The summed E-state index contributed by atoms with van der Waals surface area (Å²) < 4.78 is 0. The highest BCUT2D eigenvalue weighted by molar-refractivity contribution is 5.76. The van der Waals surface area contributed by atoms with Crippen LogP contribution in [0.1, 0.15) is 12.0 Å². The summed E-state index contributed by atoms with van der Waals surface area (Å²) in [4.78, 5) is 18.0. The average Bonchev–Trinajstić information content (AvgIpc) is 2.47. The molecule has 2 N–H and O–H groups in total. The molecule has 0 atom stereocenters. The number of aromatic nitrogens is 1. The number of aryl methyl sites for hydroxylation is 1. The van der Waals surface area contributed by atoms with E-state index in [4.69, 9.17) is 0 Å². The van der Waals surface area contributed by atoms with Crippen molar-refractivity contribution in [3.8, 4) is 0 Å². The van der Waals surface area contributed by atoms with E-state index in [-0.39, 0.29) is 5.91 Å². The molecular formula is C14H22N4O. The highest BCUT2D eigenvalue weighted by Crippen LogP contribution is 2.00. The van der Waals surface area contributed by atoms with Gasteiger partial charge in [0.15, 0.2) is 0 Å². The third kappa shape index (κ3) is 5.36. The Kier molecular flexibility index (Phi) is 5.78. The number of pyridine rings is 1. The Hall–Kier alpha value is -1.46. The molecule has 2 rings (SSSR count). The number of hydrogen-bond acceptors (Lipinski definition) is 4. The highest BCUT2D eigenvalue weighted by Gasteiger charge is 2.09. The number of hydrogen-bond donors (Lipinski definition) is 2. The lowest BCUT2D eigenvalue weighted by Crippen LogP contribution is -2.46. The smallest absolute Gasteiger partial charge is 0.220 e.